The first-order chi connectivity index (χ1) is 13.0. The Kier molecular flexibility index (Phi) is 6.55. The molecule has 1 aliphatic carbocycles. The van der Waals surface area contributed by atoms with Crippen molar-refractivity contribution in [1.82, 2.24) is 15.5 Å². The number of nitrogens with zero attached hydrogens (tertiary/aromatic N) is 2. The lowest BCUT2D eigenvalue weighted by atomic mass is 10.0. The third-order valence-electron chi connectivity index (χ3n) is 4.95. The van der Waals surface area contributed by atoms with Crippen molar-refractivity contribution >= 4 is 28.3 Å². The average Bonchev–Trinajstić information content (AvgIpc) is 3.32. The maximum absolute atomic E-state index is 12.3. The smallest absolute Gasteiger partial charge is 0.248 e. The Morgan fingerprint density at radius 1 is 1.26 bits per heavy atom. The van der Waals surface area contributed by atoms with Gasteiger partial charge in [-0.05, 0) is 32.3 Å². The molecule has 0 saturated heterocycles. The minimum absolute atomic E-state index is 0.0673. The van der Waals surface area contributed by atoms with Crippen LogP contribution in [0.3, 0.4) is 0 Å². The van der Waals surface area contributed by atoms with Crippen LogP contribution in [0.5, 0.6) is 0 Å². The second kappa shape index (κ2) is 9.08. The molecule has 0 aliphatic heterocycles. The highest BCUT2D eigenvalue weighted by Crippen LogP contribution is 2.28. The Hall–Kier alpha value is -2.28. The fourth-order valence-electron chi connectivity index (χ4n) is 3.40. The summed E-state index contributed by atoms with van der Waals surface area (Å²) in [5.41, 5.74) is 2.11. The topological polar surface area (TPSA) is 84.0 Å². The third-order valence-corrected chi connectivity index (χ3v) is 5.83. The summed E-state index contributed by atoms with van der Waals surface area (Å²) in [6.45, 7) is 3.70. The molecule has 1 aliphatic rings. The summed E-state index contributed by atoms with van der Waals surface area (Å²) in [7, 11) is 0. The Morgan fingerprint density at radius 2 is 2.04 bits per heavy atom. The SMILES string of the molecule is Cc1cccc(-c2nnc(NC(=O)[C@@H](C)NC(=O)CCC3CCCC3)s2)c1. The summed E-state index contributed by atoms with van der Waals surface area (Å²) in [4.78, 5) is 24.4. The standard InChI is InChI=1S/C20H26N4O2S/c1-13-6-5-9-16(12-13)19-23-24-20(27-19)22-18(26)14(2)21-17(25)11-10-15-7-3-4-8-15/h5-6,9,12,14-15H,3-4,7-8,10-11H2,1-2H3,(H,21,25)(H,22,24,26)/t14-/m1/s1. The van der Waals surface area contributed by atoms with Crippen LogP contribution in [0.4, 0.5) is 5.13 Å². The van der Waals surface area contributed by atoms with Crippen LogP contribution in [0.1, 0.15) is 51.0 Å². The van der Waals surface area contributed by atoms with Gasteiger partial charge in [-0.15, -0.1) is 10.2 Å². The molecule has 2 aromatic rings. The van der Waals surface area contributed by atoms with Gasteiger partial charge in [0.2, 0.25) is 16.9 Å². The van der Waals surface area contributed by atoms with Gasteiger partial charge >= 0.3 is 0 Å². The highest BCUT2D eigenvalue weighted by atomic mass is 32.1. The van der Waals surface area contributed by atoms with Crippen LogP contribution < -0.4 is 10.6 Å². The Bertz CT molecular complexity index is 799. The Balaban J connectivity index is 1.48. The summed E-state index contributed by atoms with van der Waals surface area (Å²) in [6.07, 6.45) is 6.40. The average molecular weight is 387 g/mol. The van der Waals surface area contributed by atoms with Crippen LogP contribution in [-0.2, 0) is 9.59 Å². The fourth-order valence-corrected chi connectivity index (χ4v) is 4.14. The number of rotatable bonds is 7. The van der Waals surface area contributed by atoms with Gasteiger partial charge in [0.15, 0.2) is 0 Å². The molecule has 7 heteroatoms. The number of hydrogen-bond donors (Lipinski definition) is 2. The summed E-state index contributed by atoms with van der Waals surface area (Å²) in [5, 5.41) is 14.9. The van der Waals surface area contributed by atoms with Crippen LogP contribution in [-0.4, -0.2) is 28.1 Å². The molecule has 2 N–H and O–H groups in total. The number of carbonyl (C=O) groups is 2. The van der Waals surface area contributed by atoms with Crippen LogP contribution in [0.25, 0.3) is 10.6 Å². The normalized spacial score (nSPS) is 15.5. The van der Waals surface area contributed by atoms with Gasteiger partial charge in [0.05, 0.1) is 0 Å². The van der Waals surface area contributed by atoms with E-state index in [1.54, 1.807) is 6.92 Å². The molecule has 3 rings (SSSR count). The molecular weight excluding hydrogens is 360 g/mol. The lowest BCUT2D eigenvalue weighted by Crippen LogP contribution is -2.41. The van der Waals surface area contributed by atoms with E-state index < -0.39 is 6.04 Å². The second-order valence-corrected chi connectivity index (χ2v) is 8.23. The van der Waals surface area contributed by atoms with Gasteiger partial charge in [-0.25, -0.2) is 0 Å². The highest BCUT2D eigenvalue weighted by molar-refractivity contribution is 7.18. The van der Waals surface area contributed by atoms with Crippen molar-refractivity contribution in [3.05, 3.63) is 29.8 Å². The molecule has 6 nitrogen and oxygen atoms in total. The van der Waals surface area contributed by atoms with Crippen LogP contribution in [0.2, 0.25) is 0 Å². The van der Waals surface area contributed by atoms with Gasteiger partial charge < -0.3 is 5.32 Å². The van der Waals surface area contributed by atoms with E-state index in [9.17, 15) is 9.59 Å². The monoisotopic (exact) mass is 386 g/mol. The van der Waals surface area contributed by atoms with E-state index in [0.29, 0.717) is 17.5 Å². The molecule has 1 saturated carbocycles. The van der Waals surface area contributed by atoms with Crippen molar-refractivity contribution in [1.29, 1.82) is 0 Å². The van der Waals surface area contributed by atoms with E-state index in [1.165, 1.54) is 37.0 Å². The fraction of sp³-hybridized carbons (Fsp3) is 0.500. The molecule has 0 spiro atoms. The predicted molar refractivity (Wildman–Crippen MR) is 108 cm³/mol. The first-order valence-corrected chi connectivity index (χ1v) is 10.3. The van der Waals surface area contributed by atoms with Gasteiger partial charge in [-0.1, -0.05) is 60.8 Å². The summed E-state index contributed by atoms with van der Waals surface area (Å²) >= 11 is 1.32. The molecule has 1 aromatic heterocycles. The molecule has 2 amide bonds. The van der Waals surface area contributed by atoms with Crippen molar-refractivity contribution in [2.24, 2.45) is 5.92 Å². The first-order valence-electron chi connectivity index (χ1n) is 9.52. The molecule has 1 atom stereocenters. The predicted octanol–water partition coefficient (Wildman–Crippen LogP) is 3.93. The second-order valence-electron chi connectivity index (χ2n) is 7.25. The quantitative estimate of drug-likeness (QED) is 0.755. The van der Waals surface area contributed by atoms with E-state index in [2.05, 4.69) is 20.8 Å². The lowest BCUT2D eigenvalue weighted by Gasteiger charge is -2.14. The van der Waals surface area contributed by atoms with Gasteiger partial charge in [-0.2, -0.15) is 0 Å². The molecule has 1 heterocycles. The van der Waals surface area contributed by atoms with E-state index in [0.717, 1.165) is 22.6 Å². The summed E-state index contributed by atoms with van der Waals surface area (Å²) in [6, 6.07) is 7.37. The van der Waals surface area contributed by atoms with Gasteiger partial charge in [-0.3, -0.25) is 14.9 Å². The van der Waals surface area contributed by atoms with Gasteiger partial charge in [0.25, 0.3) is 0 Å². The number of amides is 2. The van der Waals surface area contributed by atoms with Crippen LogP contribution in [0.15, 0.2) is 24.3 Å². The number of anilines is 1. The van der Waals surface area contributed by atoms with Crippen molar-refractivity contribution < 1.29 is 9.59 Å². The number of nitrogens with one attached hydrogen (secondary N) is 2. The summed E-state index contributed by atoms with van der Waals surface area (Å²) in [5.74, 6) is 0.319. The van der Waals surface area contributed by atoms with Gasteiger partial charge in [0, 0.05) is 12.0 Å². The Labute approximate surface area is 163 Å². The van der Waals surface area contributed by atoms with Crippen LogP contribution in [0, 0.1) is 12.8 Å². The molecule has 1 fully saturated rings. The highest BCUT2D eigenvalue weighted by Gasteiger charge is 2.20. The number of aromatic nitrogens is 2. The molecule has 0 bridgehead atoms. The zero-order valence-electron chi connectivity index (χ0n) is 15.8. The van der Waals surface area contributed by atoms with Crippen molar-refractivity contribution in [3.8, 4) is 10.6 Å². The summed E-state index contributed by atoms with van der Waals surface area (Å²) < 4.78 is 0. The number of aryl methyl sites for hydroxylation is 1. The molecular formula is C20H26N4O2S. The number of benzene rings is 1. The van der Waals surface area contributed by atoms with Crippen LogP contribution >= 0.6 is 11.3 Å². The maximum atomic E-state index is 12.3. The van der Waals surface area contributed by atoms with E-state index in [4.69, 9.17) is 0 Å². The molecule has 0 radical (unpaired) electrons. The van der Waals surface area contributed by atoms with E-state index in [1.807, 2.05) is 31.2 Å². The number of carbonyl (C=O) groups excluding carboxylic acids is 2. The van der Waals surface area contributed by atoms with Crippen molar-refractivity contribution in [3.63, 3.8) is 0 Å². The Morgan fingerprint density at radius 3 is 2.78 bits per heavy atom. The minimum Gasteiger partial charge on any atom is -0.345 e. The third kappa shape index (κ3) is 5.60. The molecule has 27 heavy (non-hydrogen) atoms. The molecule has 1 aromatic carbocycles. The zero-order chi connectivity index (χ0) is 19.2. The van der Waals surface area contributed by atoms with E-state index in [-0.39, 0.29) is 11.8 Å². The molecule has 144 valence electrons. The zero-order valence-corrected chi connectivity index (χ0v) is 16.6. The maximum Gasteiger partial charge on any atom is 0.248 e. The molecule has 0 unspecified atom stereocenters. The lowest BCUT2D eigenvalue weighted by molar-refractivity contribution is -0.126. The van der Waals surface area contributed by atoms with Gasteiger partial charge in [0.1, 0.15) is 11.0 Å². The number of hydrogen-bond acceptors (Lipinski definition) is 5. The largest absolute Gasteiger partial charge is 0.345 e. The first kappa shape index (κ1) is 19.5. The van der Waals surface area contributed by atoms with Crippen molar-refractivity contribution in [2.45, 2.75) is 58.4 Å². The minimum atomic E-state index is -0.604. The van der Waals surface area contributed by atoms with E-state index >= 15 is 0 Å². The van der Waals surface area contributed by atoms with Crippen molar-refractivity contribution in [2.75, 3.05) is 5.32 Å².